The van der Waals surface area contributed by atoms with Crippen LogP contribution < -0.4 is 5.32 Å². The third-order valence-electron chi connectivity index (χ3n) is 2.59. The lowest BCUT2D eigenvalue weighted by Crippen LogP contribution is -2.38. The van der Waals surface area contributed by atoms with Gasteiger partial charge in [-0.25, -0.2) is 9.79 Å². The second kappa shape index (κ2) is 4.89. The highest BCUT2D eigenvalue weighted by Gasteiger charge is 2.35. The Labute approximate surface area is 118 Å². The number of aldehydes is 1. The van der Waals surface area contributed by atoms with E-state index in [0.29, 0.717) is 0 Å². The maximum absolute atomic E-state index is 12.7. The Morgan fingerprint density at radius 1 is 1.45 bits per heavy atom. The van der Waals surface area contributed by atoms with Crippen LogP contribution in [0.4, 0.5) is 24.5 Å². The quantitative estimate of drug-likeness (QED) is 0.803. The van der Waals surface area contributed by atoms with Crippen molar-refractivity contribution in [1.82, 2.24) is 0 Å². The molecule has 0 spiro atoms. The number of carbonyl (C=O) groups is 2. The van der Waals surface area contributed by atoms with Gasteiger partial charge in [0.05, 0.1) is 16.9 Å². The summed E-state index contributed by atoms with van der Waals surface area (Å²) in [6, 6.07) is 0.537. The Balaban J connectivity index is 2.59. The zero-order valence-corrected chi connectivity index (χ0v) is 11.1. The summed E-state index contributed by atoms with van der Waals surface area (Å²) in [6.07, 6.45) is -4.31. The van der Waals surface area contributed by atoms with Crippen LogP contribution in [0.15, 0.2) is 21.6 Å². The fourth-order valence-electron chi connectivity index (χ4n) is 1.70. The van der Waals surface area contributed by atoms with E-state index in [0.717, 1.165) is 12.1 Å². The van der Waals surface area contributed by atoms with Gasteiger partial charge in [-0.3, -0.25) is 0 Å². The van der Waals surface area contributed by atoms with Crippen molar-refractivity contribution in [2.45, 2.75) is 12.2 Å². The van der Waals surface area contributed by atoms with Crippen molar-refractivity contribution in [3.8, 4) is 0 Å². The molecule has 0 radical (unpaired) electrons. The van der Waals surface area contributed by atoms with Gasteiger partial charge in [-0.2, -0.15) is 13.2 Å². The second-order valence-corrected chi connectivity index (χ2v) is 4.76. The number of aliphatic carboxylic acids is 1. The summed E-state index contributed by atoms with van der Waals surface area (Å²) in [5.41, 5.74) is -1.45. The summed E-state index contributed by atoms with van der Waals surface area (Å²) >= 11 is 2.77. The fourth-order valence-corrected chi connectivity index (χ4v) is 2.26. The molecule has 0 bridgehead atoms. The maximum atomic E-state index is 12.7. The zero-order valence-electron chi connectivity index (χ0n) is 9.53. The van der Waals surface area contributed by atoms with Crippen molar-refractivity contribution in [2.24, 2.45) is 4.99 Å². The normalized spacial score (nSPS) is 17.8. The summed E-state index contributed by atoms with van der Waals surface area (Å²) in [5, 5.41) is 11.3. The molecule has 1 heterocycles. The van der Waals surface area contributed by atoms with Gasteiger partial charge in [0.2, 0.25) is 0 Å². The molecule has 0 aliphatic carbocycles. The number of alkyl halides is 3. The van der Waals surface area contributed by atoms with Crippen molar-refractivity contribution < 1.29 is 27.9 Å². The number of carbonyl (C=O) groups excluding carboxylic acids is 1. The van der Waals surface area contributed by atoms with Crippen LogP contribution in [0, 0.1) is 0 Å². The first-order valence-electron chi connectivity index (χ1n) is 5.18. The molecular formula is C11H6BrF3N2O3. The first-order chi connectivity index (χ1) is 9.24. The minimum Gasteiger partial charge on any atom is -0.477 e. The van der Waals surface area contributed by atoms with E-state index in [1.165, 1.54) is 0 Å². The number of fused-ring (bicyclic) bond motifs is 1. The van der Waals surface area contributed by atoms with E-state index in [1.54, 1.807) is 0 Å². The molecule has 0 saturated carbocycles. The van der Waals surface area contributed by atoms with Gasteiger partial charge >= 0.3 is 12.1 Å². The molecule has 1 unspecified atom stereocenters. The number of benzene rings is 1. The Bertz CT molecular complexity index is 628. The van der Waals surface area contributed by atoms with Crippen LogP contribution in [-0.4, -0.2) is 29.1 Å². The van der Waals surface area contributed by atoms with Gasteiger partial charge in [0.15, 0.2) is 5.71 Å². The minimum atomic E-state index is -4.58. The number of halogens is 4. The highest BCUT2D eigenvalue weighted by molar-refractivity contribution is 9.10. The Hall–Kier alpha value is -1.90. The number of hydrogen-bond acceptors (Lipinski definition) is 4. The van der Waals surface area contributed by atoms with Crippen molar-refractivity contribution in [2.75, 3.05) is 5.32 Å². The van der Waals surface area contributed by atoms with E-state index < -0.39 is 29.5 Å². The van der Waals surface area contributed by atoms with Gasteiger partial charge in [-0.05, 0) is 12.1 Å². The monoisotopic (exact) mass is 350 g/mol. The standard InChI is InChI=1S/C11H6BrF3N2O3/c12-5-2-7-6(1-4(5)11(13,14)15)16-8(3-18)9(17-7)10(19)20/h1-3,8,16H,(H,19,20). The summed E-state index contributed by atoms with van der Waals surface area (Å²) in [5.74, 6) is -1.42. The van der Waals surface area contributed by atoms with Gasteiger partial charge < -0.3 is 15.2 Å². The molecule has 20 heavy (non-hydrogen) atoms. The Morgan fingerprint density at radius 3 is 2.60 bits per heavy atom. The first kappa shape index (κ1) is 14.5. The number of carboxylic acids is 1. The molecule has 1 aromatic carbocycles. The smallest absolute Gasteiger partial charge is 0.417 e. The van der Waals surface area contributed by atoms with E-state index in [-0.39, 0.29) is 22.1 Å². The van der Waals surface area contributed by atoms with Crippen LogP contribution in [0.1, 0.15) is 5.56 Å². The van der Waals surface area contributed by atoms with Gasteiger partial charge in [-0.1, -0.05) is 15.9 Å². The van der Waals surface area contributed by atoms with Crippen LogP contribution in [0.25, 0.3) is 0 Å². The SMILES string of the molecule is O=CC1Nc2cc(C(F)(F)F)c(Br)cc2N=C1C(=O)O. The molecule has 1 aliphatic heterocycles. The molecular weight excluding hydrogens is 345 g/mol. The lowest BCUT2D eigenvalue weighted by molar-refractivity contribution is -0.138. The lowest BCUT2D eigenvalue weighted by Gasteiger charge is -2.22. The van der Waals surface area contributed by atoms with Crippen LogP contribution in [0.5, 0.6) is 0 Å². The number of hydrogen-bond donors (Lipinski definition) is 2. The number of aliphatic imine (C=N–C) groups is 1. The Kier molecular flexibility index (Phi) is 3.55. The number of anilines is 1. The molecule has 0 saturated heterocycles. The molecule has 2 rings (SSSR count). The summed E-state index contributed by atoms with van der Waals surface area (Å²) in [6.45, 7) is 0. The third-order valence-corrected chi connectivity index (χ3v) is 3.25. The molecule has 5 nitrogen and oxygen atoms in total. The molecule has 1 atom stereocenters. The van der Waals surface area contributed by atoms with Crippen molar-refractivity contribution in [1.29, 1.82) is 0 Å². The number of carboxylic acid groups (broad SMARTS) is 1. The average molecular weight is 351 g/mol. The van der Waals surface area contributed by atoms with Crippen molar-refractivity contribution in [3.63, 3.8) is 0 Å². The number of rotatable bonds is 2. The van der Waals surface area contributed by atoms with Crippen molar-refractivity contribution in [3.05, 3.63) is 22.2 Å². The van der Waals surface area contributed by atoms with Gasteiger partial charge in [0.1, 0.15) is 12.3 Å². The maximum Gasteiger partial charge on any atom is 0.417 e. The molecule has 1 aromatic rings. The highest BCUT2D eigenvalue weighted by Crippen LogP contribution is 2.41. The first-order valence-corrected chi connectivity index (χ1v) is 5.97. The topological polar surface area (TPSA) is 78.8 Å². The van der Waals surface area contributed by atoms with Crippen LogP contribution in [0.3, 0.4) is 0 Å². The summed E-state index contributed by atoms with van der Waals surface area (Å²) < 4.78 is 38.0. The van der Waals surface area contributed by atoms with E-state index in [1.807, 2.05) is 0 Å². The predicted molar refractivity (Wildman–Crippen MR) is 67.3 cm³/mol. The fraction of sp³-hybridized carbons (Fsp3) is 0.182. The largest absolute Gasteiger partial charge is 0.477 e. The average Bonchev–Trinajstić information content (AvgIpc) is 2.34. The number of nitrogens with one attached hydrogen (secondary N) is 1. The zero-order chi connectivity index (χ0) is 15.1. The van der Waals surface area contributed by atoms with E-state index in [4.69, 9.17) is 5.11 Å². The molecule has 1 aliphatic rings. The minimum absolute atomic E-state index is 0.0142. The third kappa shape index (κ3) is 2.53. The molecule has 2 N–H and O–H groups in total. The highest BCUT2D eigenvalue weighted by atomic mass is 79.9. The van der Waals surface area contributed by atoms with Crippen molar-refractivity contribution >= 4 is 45.3 Å². The number of nitrogens with zero attached hydrogens (tertiary/aromatic N) is 1. The second-order valence-electron chi connectivity index (χ2n) is 3.91. The molecule has 0 fully saturated rings. The van der Waals surface area contributed by atoms with Crippen LogP contribution in [-0.2, 0) is 15.8 Å². The van der Waals surface area contributed by atoms with Gasteiger partial charge in [0.25, 0.3) is 0 Å². The molecule has 106 valence electrons. The summed E-state index contributed by atoms with van der Waals surface area (Å²) in [7, 11) is 0. The van der Waals surface area contributed by atoms with Gasteiger partial charge in [-0.15, -0.1) is 0 Å². The van der Waals surface area contributed by atoms with E-state index in [9.17, 15) is 22.8 Å². The lowest BCUT2D eigenvalue weighted by atomic mass is 10.1. The van der Waals surface area contributed by atoms with Crippen LogP contribution >= 0.6 is 15.9 Å². The van der Waals surface area contributed by atoms with Crippen LogP contribution in [0.2, 0.25) is 0 Å². The molecule has 9 heteroatoms. The molecule has 0 amide bonds. The molecule has 0 aromatic heterocycles. The van der Waals surface area contributed by atoms with E-state index in [2.05, 4.69) is 26.2 Å². The summed E-state index contributed by atoms with van der Waals surface area (Å²) in [4.78, 5) is 25.4. The Morgan fingerprint density at radius 2 is 2.10 bits per heavy atom. The van der Waals surface area contributed by atoms with E-state index >= 15 is 0 Å². The van der Waals surface area contributed by atoms with Gasteiger partial charge in [0, 0.05) is 4.47 Å². The predicted octanol–water partition coefficient (Wildman–Crippen LogP) is 2.62.